The second-order valence-corrected chi connectivity index (χ2v) is 4.96. The molecule has 0 heterocycles. The Morgan fingerprint density at radius 2 is 2.24 bits per heavy atom. The lowest BCUT2D eigenvalue weighted by molar-refractivity contribution is 0.325. The first-order chi connectivity index (χ1) is 8.13. The van der Waals surface area contributed by atoms with E-state index in [1.54, 1.807) is 0 Å². The fraction of sp³-hybridized carbons (Fsp3) is 0.429. The maximum Gasteiger partial charge on any atom is 0.133 e. The Bertz CT molecular complexity index is 396. The van der Waals surface area contributed by atoms with Gasteiger partial charge in [-0.1, -0.05) is 19.9 Å². The summed E-state index contributed by atoms with van der Waals surface area (Å²) in [6.07, 6.45) is 5.80. The zero-order chi connectivity index (χ0) is 12.7. The van der Waals surface area contributed by atoms with Crippen molar-refractivity contribution in [3.8, 4) is 18.1 Å². The van der Waals surface area contributed by atoms with Crippen LogP contribution in [0.4, 0.5) is 0 Å². The number of benzene rings is 1. The molecule has 0 atom stereocenters. The molecule has 17 heavy (non-hydrogen) atoms. The van der Waals surface area contributed by atoms with E-state index in [2.05, 4.69) is 53.1 Å². The lowest BCUT2D eigenvalue weighted by Gasteiger charge is -2.11. The minimum absolute atomic E-state index is 0.486. The standard InChI is InChI=1S/C14H18BrNO/c1-4-5-8-17-14-7-6-12(9-13(14)15)10-16-11(2)3/h1,6-7,9,11,16H,5,8,10H2,2-3H3. The highest BCUT2D eigenvalue weighted by molar-refractivity contribution is 9.10. The maximum absolute atomic E-state index is 5.55. The Morgan fingerprint density at radius 3 is 2.82 bits per heavy atom. The molecule has 1 N–H and O–H groups in total. The third-order valence-electron chi connectivity index (χ3n) is 2.21. The second kappa shape index (κ2) is 7.37. The van der Waals surface area contributed by atoms with E-state index in [0.717, 1.165) is 16.8 Å². The van der Waals surface area contributed by atoms with Gasteiger partial charge in [0.25, 0.3) is 0 Å². The summed E-state index contributed by atoms with van der Waals surface area (Å²) in [5.41, 5.74) is 1.23. The van der Waals surface area contributed by atoms with Gasteiger partial charge < -0.3 is 10.1 Å². The minimum atomic E-state index is 0.486. The molecule has 0 fully saturated rings. The molecule has 0 spiro atoms. The van der Waals surface area contributed by atoms with Gasteiger partial charge in [0.15, 0.2) is 0 Å². The van der Waals surface area contributed by atoms with Crippen LogP contribution in [0.3, 0.4) is 0 Å². The minimum Gasteiger partial charge on any atom is -0.491 e. The average molecular weight is 296 g/mol. The molecule has 3 heteroatoms. The fourth-order valence-electron chi connectivity index (χ4n) is 1.31. The molecule has 0 radical (unpaired) electrons. The van der Waals surface area contributed by atoms with Crippen molar-refractivity contribution in [1.82, 2.24) is 5.32 Å². The third kappa shape index (κ3) is 5.25. The lowest BCUT2D eigenvalue weighted by Crippen LogP contribution is -2.21. The summed E-state index contributed by atoms with van der Waals surface area (Å²) in [5, 5.41) is 3.37. The summed E-state index contributed by atoms with van der Waals surface area (Å²) in [6.45, 7) is 5.68. The smallest absolute Gasteiger partial charge is 0.133 e. The van der Waals surface area contributed by atoms with Crippen LogP contribution in [0.1, 0.15) is 25.8 Å². The molecule has 0 aliphatic heterocycles. The Morgan fingerprint density at radius 1 is 1.47 bits per heavy atom. The van der Waals surface area contributed by atoms with E-state index >= 15 is 0 Å². The Hall–Kier alpha value is -0.980. The van der Waals surface area contributed by atoms with Gasteiger partial charge in [-0.15, -0.1) is 12.3 Å². The van der Waals surface area contributed by atoms with Crippen molar-refractivity contribution in [2.75, 3.05) is 6.61 Å². The molecule has 0 amide bonds. The summed E-state index contributed by atoms with van der Waals surface area (Å²) in [5.74, 6) is 3.39. The average Bonchev–Trinajstić information content (AvgIpc) is 2.29. The molecular formula is C14H18BrNO. The molecule has 92 valence electrons. The first-order valence-electron chi connectivity index (χ1n) is 5.71. The number of nitrogens with one attached hydrogen (secondary N) is 1. The second-order valence-electron chi connectivity index (χ2n) is 4.10. The molecule has 0 saturated heterocycles. The zero-order valence-corrected chi connectivity index (χ0v) is 11.9. The summed E-state index contributed by atoms with van der Waals surface area (Å²) in [6, 6.07) is 6.59. The van der Waals surface area contributed by atoms with Gasteiger partial charge in [0.1, 0.15) is 5.75 Å². The Balaban J connectivity index is 2.57. The van der Waals surface area contributed by atoms with Crippen LogP contribution in [0.2, 0.25) is 0 Å². The van der Waals surface area contributed by atoms with Crippen LogP contribution in [0.25, 0.3) is 0 Å². The Labute approximate surface area is 112 Å². The topological polar surface area (TPSA) is 21.3 Å². The third-order valence-corrected chi connectivity index (χ3v) is 2.83. The lowest BCUT2D eigenvalue weighted by atomic mass is 10.2. The number of terminal acetylenes is 1. The quantitative estimate of drug-likeness (QED) is 0.642. The first kappa shape index (κ1) is 14.1. The SMILES string of the molecule is C#CCCOc1ccc(CNC(C)C)cc1Br. The van der Waals surface area contributed by atoms with Crippen LogP contribution in [-0.4, -0.2) is 12.6 Å². The molecule has 1 rings (SSSR count). The molecule has 1 aromatic carbocycles. The highest BCUT2D eigenvalue weighted by atomic mass is 79.9. The van der Waals surface area contributed by atoms with Gasteiger partial charge in [-0.25, -0.2) is 0 Å². The molecule has 0 aliphatic carbocycles. The highest BCUT2D eigenvalue weighted by Gasteiger charge is 2.03. The van der Waals surface area contributed by atoms with E-state index in [0.29, 0.717) is 19.1 Å². The molecule has 1 aromatic rings. The molecule has 0 bridgehead atoms. The number of ether oxygens (including phenoxy) is 1. The van der Waals surface area contributed by atoms with Gasteiger partial charge in [-0.2, -0.15) is 0 Å². The number of hydrogen-bond acceptors (Lipinski definition) is 2. The van der Waals surface area contributed by atoms with Crippen LogP contribution in [0.15, 0.2) is 22.7 Å². The fourth-order valence-corrected chi connectivity index (χ4v) is 1.85. The van der Waals surface area contributed by atoms with Gasteiger partial charge in [-0.05, 0) is 33.6 Å². The normalized spacial score (nSPS) is 10.3. The Kier molecular flexibility index (Phi) is 6.10. The van der Waals surface area contributed by atoms with E-state index in [9.17, 15) is 0 Å². The van der Waals surface area contributed by atoms with Crippen molar-refractivity contribution in [3.63, 3.8) is 0 Å². The summed E-state index contributed by atoms with van der Waals surface area (Å²) < 4.78 is 6.52. The zero-order valence-electron chi connectivity index (χ0n) is 10.3. The van der Waals surface area contributed by atoms with E-state index in [-0.39, 0.29) is 0 Å². The van der Waals surface area contributed by atoms with Gasteiger partial charge in [0, 0.05) is 19.0 Å². The van der Waals surface area contributed by atoms with E-state index < -0.39 is 0 Å². The van der Waals surface area contributed by atoms with Gasteiger partial charge in [0.05, 0.1) is 11.1 Å². The van der Waals surface area contributed by atoms with E-state index in [1.165, 1.54) is 5.56 Å². The largest absolute Gasteiger partial charge is 0.491 e. The van der Waals surface area contributed by atoms with E-state index in [1.807, 2.05) is 6.07 Å². The maximum atomic E-state index is 5.55. The van der Waals surface area contributed by atoms with Crippen molar-refractivity contribution in [1.29, 1.82) is 0 Å². The number of rotatable bonds is 6. The molecule has 0 unspecified atom stereocenters. The van der Waals surface area contributed by atoms with Crippen molar-refractivity contribution in [2.45, 2.75) is 32.9 Å². The van der Waals surface area contributed by atoms with Crippen molar-refractivity contribution >= 4 is 15.9 Å². The summed E-state index contributed by atoms with van der Waals surface area (Å²) in [4.78, 5) is 0. The van der Waals surface area contributed by atoms with Gasteiger partial charge in [-0.3, -0.25) is 0 Å². The predicted octanol–water partition coefficient (Wildman–Crippen LogP) is 3.35. The number of hydrogen-bond donors (Lipinski definition) is 1. The van der Waals surface area contributed by atoms with Crippen LogP contribution >= 0.6 is 15.9 Å². The summed E-state index contributed by atoms with van der Waals surface area (Å²) in [7, 11) is 0. The van der Waals surface area contributed by atoms with Gasteiger partial charge >= 0.3 is 0 Å². The molecule has 0 aromatic heterocycles. The van der Waals surface area contributed by atoms with Crippen LogP contribution in [0.5, 0.6) is 5.75 Å². The van der Waals surface area contributed by atoms with Crippen molar-refractivity contribution < 1.29 is 4.74 Å². The molecule has 0 aliphatic rings. The van der Waals surface area contributed by atoms with Crippen LogP contribution in [-0.2, 0) is 6.54 Å². The predicted molar refractivity (Wildman–Crippen MR) is 75.1 cm³/mol. The monoisotopic (exact) mass is 295 g/mol. The first-order valence-corrected chi connectivity index (χ1v) is 6.51. The van der Waals surface area contributed by atoms with Crippen molar-refractivity contribution in [3.05, 3.63) is 28.2 Å². The molecule has 2 nitrogen and oxygen atoms in total. The number of halogens is 1. The summed E-state index contributed by atoms with van der Waals surface area (Å²) >= 11 is 3.50. The van der Waals surface area contributed by atoms with E-state index in [4.69, 9.17) is 11.2 Å². The van der Waals surface area contributed by atoms with Crippen molar-refractivity contribution in [2.24, 2.45) is 0 Å². The highest BCUT2D eigenvalue weighted by Crippen LogP contribution is 2.26. The molecule has 0 saturated carbocycles. The van der Waals surface area contributed by atoms with Crippen LogP contribution < -0.4 is 10.1 Å². The van der Waals surface area contributed by atoms with Crippen LogP contribution in [0, 0.1) is 12.3 Å². The van der Waals surface area contributed by atoms with Gasteiger partial charge in [0.2, 0.25) is 0 Å². The molecular weight excluding hydrogens is 278 g/mol.